The highest BCUT2D eigenvalue weighted by Gasteiger charge is 2.23. The summed E-state index contributed by atoms with van der Waals surface area (Å²) in [5.74, 6) is -0.869. The minimum atomic E-state index is -0.439. The van der Waals surface area contributed by atoms with Gasteiger partial charge in [0.1, 0.15) is 5.69 Å². The molecule has 2 N–H and O–H groups in total. The van der Waals surface area contributed by atoms with Crippen molar-refractivity contribution in [2.24, 2.45) is 0 Å². The van der Waals surface area contributed by atoms with Crippen LogP contribution in [0.1, 0.15) is 52.9 Å². The quantitative estimate of drug-likeness (QED) is 0.639. The molecule has 0 saturated heterocycles. The summed E-state index contributed by atoms with van der Waals surface area (Å²) in [6.45, 7) is 6.55. The van der Waals surface area contributed by atoms with Gasteiger partial charge in [-0.1, -0.05) is 62.7 Å². The zero-order valence-corrected chi connectivity index (χ0v) is 17.3. The minimum absolute atomic E-state index is 0.219. The van der Waals surface area contributed by atoms with Crippen LogP contribution in [0.5, 0.6) is 0 Å². The lowest BCUT2D eigenvalue weighted by Crippen LogP contribution is -2.42. The van der Waals surface area contributed by atoms with Gasteiger partial charge in [0.2, 0.25) is 0 Å². The Balaban J connectivity index is 1.78. The molecule has 0 aliphatic carbocycles. The van der Waals surface area contributed by atoms with E-state index in [4.69, 9.17) is 11.6 Å². The van der Waals surface area contributed by atoms with Crippen LogP contribution in [-0.2, 0) is 12.0 Å². The molecule has 0 unspecified atom stereocenters. The van der Waals surface area contributed by atoms with E-state index in [0.717, 1.165) is 11.3 Å². The molecule has 29 heavy (non-hydrogen) atoms. The molecular weight excluding hydrogens is 388 g/mol. The minimum Gasteiger partial charge on any atom is -0.267 e. The van der Waals surface area contributed by atoms with E-state index < -0.39 is 11.8 Å². The molecule has 0 saturated carbocycles. The normalized spacial score (nSPS) is 11.2. The van der Waals surface area contributed by atoms with Crippen LogP contribution in [0.2, 0.25) is 5.02 Å². The molecule has 3 rings (SSSR count). The first-order valence-corrected chi connectivity index (χ1v) is 9.60. The second kappa shape index (κ2) is 8.49. The number of carbonyl (C=O) groups is 2. The predicted molar refractivity (Wildman–Crippen MR) is 113 cm³/mol. The van der Waals surface area contributed by atoms with E-state index in [1.807, 2.05) is 51.1 Å². The zero-order chi connectivity index (χ0) is 21.0. The standard InChI is InChI=1S/C22H23ClN4O2/c1-22(2,3)19-13-18(27(26-19)14-15-7-5-4-6-8-15)21(29)25-24-20(28)16-9-11-17(23)12-10-16/h4-13H,14H2,1-3H3,(H,24,28)(H,25,29). The molecule has 2 aromatic carbocycles. The molecule has 0 radical (unpaired) electrons. The molecule has 0 aliphatic rings. The molecule has 0 spiro atoms. The Morgan fingerprint density at radius 2 is 1.59 bits per heavy atom. The van der Waals surface area contributed by atoms with Gasteiger partial charge in [-0.3, -0.25) is 25.1 Å². The Bertz CT molecular complexity index is 1010. The Morgan fingerprint density at radius 3 is 2.21 bits per heavy atom. The third kappa shape index (κ3) is 5.23. The van der Waals surface area contributed by atoms with Crippen LogP contribution in [0, 0.1) is 0 Å². The van der Waals surface area contributed by atoms with Crippen molar-refractivity contribution >= 4 is 23.4 Å². The molecule has 150 valence electrons. The first-order chi connectivity index (χ1) is 13.7. The highest BCUT2D eigenvalue weighted by atomic mass is 35.5. The summed E-state index contributed by atoms with van der Waals surface area (Å²) in [4.78, 5) is 25.0. The summed E-state index contributed by atoms with van der Waals surface area (Å²) in [7, 11) is 0. The summed E-state index contributed by atoms with van der Waals surface area (Å²) in [5, 5.41) is 5.15. The molecular formula is C22H23ClN4O2. The van der Waals surface area contributed by atoms with Crippen molar-refractivity contribution in [3.63, 3.8) is 0 Å². The van der Waals surface area contributed by atoms with E-state index in [9.17, 15) is 9.59 Å². The maximum Gasteiger partial charge on any atom is 0.287 e. The van der Waals surface area contributed by atoms with E-state index in [1.165, 1.54) is 0 Å². The van der Waals surface area contributed by atoms with Crippen molar-refractivity contribution in [2.45, 2.75) is 32.7 Å². The largest absolute Gasteiger partial charge is 0.287 e. The van der Waals surface area contributed by atoms with Gasteiger partial charge in [-0.2, -0.15) is 5.10 Å². The molecule has 0 fully saturated rings. The van der Waals surface area contributed by atoms with Crippen LogP contribution in [-0.4, -0.2) is 21.6 Å². The molecule has 0 bridgehead atoms. The lowest BCUT2D eigenvalue weighted by Gasteiger charge is -2.14. The second-order valence-electron chi connectivity index (χ2n) is 7.72. The van der Waals surface area contributed by atoms with Gasteiger partial charge in [-0.05, 0) is 35.9 Å². The number of hydrazine groups is 1. The fourth-order valence-corrected chi connectivity index (χ4v) is 2.82. The Kier molecular flexibility index (Phi) is 6.03. The number of hydrogen-bond acceptors (Lipinski definition) is 3. The average molecular weight is 411 g/mol. The highest BCUT2D eigenvalue weighted by Crippen LogP contribution is 2.22. The lowest BCUT2D eigenvalue weighted by molar-refractivity contribution is 0.0841. The average Bonchev–Trinajstić information content (AvgIpc) is 3.11. The van der Waals surface area contributed by atoms with Gasteiger partial charge in [0.05, 0.1) is 12.2 Å². The van der Waals surface area contributed by atoms with E-state index >= 15 is 0 Å². The van der Waals surface area contributed by atoms with Gasteiger partial charge >= 0.3 is 0 Å². The van der Waals surface area contributed by atoms with Gasteiger partial charge in [-0.15, -0.1) is 0 Å². The number of benzene rings is 2. The highest BCUT2D eigenvalue weighted by molar-refractivity contribution is 6.30. The molecule has 1 heterocycles. The van der Waals surface area contributed by atoms with Gasteiger partial charge in [-0.25, -0.2) is 0 Å². The van der Waals surface area contributed by atoms with E-state index in [1.54, 1.807) is 35.0 Å². The van der Waals surface area contributed by atoms with Gasteiger partial charge < -0.3 is 0 Å². The molecule has 6 nitrogen and oxygen atoms in total. The molecule has 3 aromatic rings. The summed E-state index contributed by atoms with van der Waals surface area (Å²) >= 11 is 5.84. The fourth-order valence-electron chi connectivity index (χ4n) is 2.69. The van der Waals surface area contributed by atoms with Gasteiger partial charge in [0.15, 0.2) is 0 Å². The van der Waals surface area contributed by atoms with Crippen molar-refractivity contribution in [1.29, 1.82) is 0 Å². The second-order valence-corrected chi connectivity index (χ2v) is 8.16. The van der Waals surface area contributed by atoms with Crippen molar-refractivity contribution < 1.29 is 9.59 Å². The van der Waals surface area contributed by atoms with E-state index in [2.05, 4.69) is 16.0 Å². The van der Waals surface area contributed by atoms with Gasteiger partial charge in [0, 0.05) is 16.0 Å². The number of carbonyl (C=O) groups excluding carboxylic acids is 2. The maximum absolute atomic E-state index is 12.8. The third-order valence-electron chi connectivity index (χ3n) is 4.35. The first kappa shape index (κ1) is 20.6. The molecule has 7 heteroatoms. The summed E-state index contributed by atoms with van der Waals surface area (Å²) in [6, 6.07) is 17.9. The van der Waals surface area contributed by atoms with Crippen molar-refractivity contribution in [3.8, 4) is 0 Å². The number of hydrogen-bond donors (Lipinski definition) is 2. The van der Waals surface area contributed by atoms with Crippen LogP contribution in [0.4, 0.5) is 0 Å². The number of amides is 2. The number of nitrogens with zero attached hydrogens (tertiary/aromatic N) is 2. The summed E-state index contributed by atoms with van der Waals surface area (Å²) < 4.78 is 1.65. The molecule has 2 amide bonds. The smallest absolute Gasteiger partial charge is 0.267 e. The number of halogens is 1. The summed E-state index contributed by atoms with van der Waals surface area (Å²) in [6.07, 6.45) is 0. The van der Waals surface area contributed by atoms with Crippen molar-refractivity contribution in [3.05, 3.63) is 88.2 Å². The molecule has 0 atom stereocenters. The fraction of sp³-hybridized carbons (Fsp3) is 0.227. The number of rotatable bonds is 4. The molecule has 0 aliphatic heterocycles. The van der Waals surface area contributed by atoms with Crippen LogP contribution < -0.4 is 10.9 Å². The van der Waals surface area contributed by atoms with E-state index in [0.29, 0.717) is 22.8 Å². The van der Waals surface area contributed by atoms with Crippen LogP contribution in [0.15, 0.2) is 60.7 Å². The van der Waals surface area contributed by atoms with Crippen LogP contribution in [0.25, 0.3) is 0 Å². The number of aromatic nitrogens is 2. The monoisotopic (exact) mass is 410 g/mol. The van der Waals surface area contributed by atoms with Crippen molar-refractivity contribution in [1.82, 2.24) is 20.6 Å². The predicted octanol–water partition coefficient (Wildman–Crippen LogP) is 3.96. The zero-order valence-electron chi connectivity index (χ0n) is 16.6. The Labute approximate surface area is 174 Å². The topological polar surface area (TPSA) is 76.0 Å². The Hall–Kier alpha value is -3.12. The maximum atomic E-state index is 12.8. The van der Waals surface area contributed by atoms with Crippen LogP contribution in [0.3, 0.4) is 0 Å². The first-order valence-electron chi connectivity index (χ1n) is 9.22. The molecule has 1 aromatic heterocycles. The van der Waals surface area contributed by atoms with Crippen LogP contribution >= 0.6 is 11.6 Å². The third-order valence-corrected chi connectivity index (χ3v) is 4.60. The number of nitrogens with one attached hydrogen (secondary N) is 2. The SMILES string of the molecule is CC(C)(C)c1cc(C(=O)NNC(=O)c2ccc(Cl)cc2)n(Cc2ccccc2)n1. The Morgan fingerprint density at radius 1 is 0.966 bits per heavy atom. The van der Waals surface area contributed by atoms with Gasteiger partial charge in [0.25, 0.3) is 11.8 Å². The lowest BCUT2D eigenvalue weighted by atomic mass is 9.92. The summed E-state index contributed by atoms with van der Waals surface area (Å²) in [5.41, 5.74) is 7.26. The van der Waals surface area contributed by atoms with E-state index in [-0.39, 0.29) is 5.41 Å². The van der Waals surface area contributed by atoms with Crippen molar-refractivity contribution in [2.75, 3.05) is 0 Å².